The van der Waals surface area contributed by atoms with Crippen molar-refractivity contribution >= 4 is 23.2 Å². The first-order valence-electron chi connectivity index (χ1n) is 10.8. The van der Waals surface area contributed by atoms with Crippen LogP contribution in [0.2, 0.25) is 0 Å². The lowest BCUT2D eigenvalue weighted by Crippen LogP contribution is -2.25. The van der Waals surface area contributed by atoms with Crippen LogP contribution >= 0.6 is 0 Å². The molecule has 0 fully saturated rings. The summed E-state index contributed by atoms with van der Waals surface area (Å²) in [6, 6.07) is 24.2. The van der Waals surface area contributed by atoms with Crippen LogP contribution in [0.15, 0.2) is 78.9 Å². The fourth-order valence-electron chi connectivity index (χ4n) is 3.05. The van der Waals surface area contributed by atoms with E-state index in [9.17, 15) is 9.59 Å². The monoisotopic (exact) mass is 447 g/mol. The third kappa shape index (κ3) is 8.31. The number of benzene rings is 3. The quantitative estimate of drug-likeness (QED) is 0.364. The van der Waals surface area contributed by atoms with Gasteiger partial charge in [0.25, 0.3) is 5.91 Å². The molecule has 33 heavy (non-hydrogen) atoms. The number of ether oxygens (including phenoxy) is 2. The van der Waals surface area contributed by atoms with Gasteiger partial charge in [-0.2, -0.15) is 0 Å². The lowest BCUT2D eigenvalue weighted by molar-refractivity contribution is -0.114. The zero-order valence-corrected chi connectivity index (χ0v) is 18.7. The molecule has 2 amide bonds. The van der Waals surface area contributed by atoms with Crippen LogP contribution < -0.4 is 20.7 Å². The standard InChI is InChI=1S/C26H29N3O4/c1-32-16-6-15-27-26(31)21-9-5-10-23(17-21)28-18-25(30)29-22-11-13-24(14-12-22)33-19-20-7-3-2-4-8-20/h2-5,7-14,17,28H,6,15-16,18-19H2,1H3,(H,27,31)(H,29,30). The van der Waals surface area contributed by atoms with E-state index in [2.05, 4.69) is 16.0 Å². The van der Waals surface area contributed by atoms with Crippen molar-refractivity contribution in [2.24, 2.45) is 0 Å². The number of amides is 2. The van der Waals surface area contributed by atoms with E-state index < -0.39 is 0 Å². The van der Waals surface area contributed by atoms with Crippen LogP contribution in [0.3, 0.4) is 0 Å². The maximum absolute atomic E-state index is 12.3. The SMILES string of the molecule is COCCCNC(=O)c1cccc(NCC(=O)Nc2ccc(OCc3ccccc3)cc2)c1. The first-order valence-corrected chi connectivity index (χ1v) is 10.8. The fraction of sp³-hybridized carbons (Fsp3) is 0.231. The highest BCUT2D eigenvalue weighted by Crippen LogP contribution is 2.17. The molecule has 0 saturated heterocycles. The average Bonchev–Trinajstić information content (AvgIpc) is 2.86. The topological polar surface area (TPSA) is 88.7 Å². The first-order chi connectivity index (χ1) is 16.1. The molecule has 7 nitrogen and oxygen atoms in total. The van der Waals surface area contributed by atoms with Crippen molar-refractivity contribution in [1.29, 1.82) is 0 Å². The lowest BCUT2D eigenvalue weighted by atomic mass is 10.2. The molecule has 0 aliphatic rings. The second-order valence-corrected chi connectivity index (χ2v) is 7.38. The number of hydrogen-bond donors (Lipinski definition) is 3. The van der Waals surface area contributed by atoms with Gasteiger partial charge in [-0.3, -0.25) is 9.59 Å². The third-order valence-corrected chi connectivity index (χ3v) is 4.78. The van der Waals surface area contributed by atoms with Gasteiger partial charge >= 0.3 is 0 Å². The molecule has 172 valence electrons. The van der Waals surface area contributed by atoms with Crippen molar-refractivity contribution in [2.45, 2.75) is 13.0 Å². The molecule has 3 aromatic carbocycles. The van der Waals surface area contributed by atoms with Crippen molar-refractivity contribution in [3.05, 3.63) is 90.0 Å². The molecule has 3 N–H and O–H groups in total. The number of carbonyl (C=O) groups excluding carboxylic acids is 2. The van der Waals surface area contributed by atoms with Gasteiger partial charge in [0.1, 0.15) is 12.4 Å². The molecule has 0 saturated carbocycles. The zero-order chi connectivity index (χ0) is 23.3. The van der Waals surface area contributed by atoms with Crippen molar-refractivity contribution in [1.82, 2.24) is 5.32 Å². The van der Waals surface area contributed by atoms with Gasteiger partial charge in [-0.25, -0.2) is 0 Å². The van der Waals surface area contributed by atoms with Crippen molar-refractivity contribution in [3.63, 3.8) is 0 Å². The number of rotatable bonds is 12. The molecule has 0 heterocycles. The van der Waals surface area contributed by atoms with E-state index in [1.54, 1.807) is 37.4 Å². The third-order valence-electron chi connectivity index (χ3n) is 4.78. The van der Waals surface area contributed by atoms with Crippen LogP contribution in [0.1, 0.15) is 22.3 Å². The second kappa shape index (κ2) is 12.9. The molecule has 0 bridgehead atoms. The van der Waals surface area contributed by atoms with E-state index in [0.717, 1.165) is 17.7 Å². The lowest BCUT2D eigenvalue weighted by Gasteiger charge is -2.11. The predicted molar refractivity (Wildman–Crippen MR) is 130 cm³/mol. The Bertz CT molecular complexity index is 1020. The summed E-state index contributed by atoms with van der Waals surface area (Å²) < 4.78 is 10.7. The van der Waals surface area contributed by atoms with E-state index in [4.69, 9.17) is 9.47 Å². The molecule has 0 aromatic heterocycles. The Morgan fingerprint density at radius 1 is 0.879 bits per heavy atom. The number of methoxy groups -OCH3 is 1. The van der Waals surface area contributed by atoms with E-state index in [-0.39, 0.29) is 18.4 Å². The molecule has 0 atom stereocenters. The Hall–Kier alpha value is -3.84. The molecule has 7 heteroatoms. The number of anilines is 2. The number of nitrogens with one attached hydrogen (secondary N) is 3. The second-order valence-electron chi connectivity index (χ2n) is 7.38. The van der Waals surface area contributed by atoms with E-state index in [1.165, 1.54) is 0 Å². The predicted octanol–water partition coefficient (Wildman–Crippen LogP) is 4.08. The van der Waals surface area contributed by atoms with Crippen molar-refractivity contribution in [3.8, 4) is 5.75 Å². The summed E-state index contributed by atoms with van der Waals surface area (Å²) in [5.74, 6) is 0.378. The summed E-state index contributed by atoms with van der Waals surface area (Å²) in [6.45, 7) is 1.70. The van der Waals surface area contributed by atoms with Gasteiger partial charge in [0, 0.05) is 37.2 Å². The number of carbonyl (C=O) groups is 2. The molecule has 0 unspecified atom stereocenters. The summed E-state index contributed by atoms with van der Waals surface area (Å²) in [4.78, 5) is 24.5. The molecule has 3 aromatic rings. The highest BCUT2D eigenvalue weighted by Gasteiger charge is 2.07. The highest BCUT2D eigenvalue weighted by molar-refractivity contribution is 5.96. The Morgan fingerprint density at radius 2 is 1.67 bits per heavy atom. The molecular weight excluding hydrogens is 418 g/mol. The molecular formula is C26H29N3O4. The Balaban J connectivity index is 1.43. The first kappa shape index (κ1) is 23.8. The minimum Gasteiger partial charge on any atom is -0.489 e. The van der Waals surface area contributed by atoms with Crippen molar-refractivity contribution in [2.75, 3.05) is 37.4 Å². The highest BCUT2D eigenvalue weighted by atomic mass is 16.5. The van der Waals surface area contributed by atoms with E-state index >= 15 is 0 Å². The van der Waals surface area contributed by atoms with Crippen molar-refractivity contribution < 1.29 is 19.1 Å². The number of hydrogen-bond acceptors (Lipinski definition) is 5. The summed E-state index contributed by atoms with van der Waals surface area (Å²) >= 11 is 0. The molecule has 0 radical (unpaired) electrons. The van der Waals surface area contributed by atoms with Gasteiger partial charge in [0.2, 0.25) is 5.91 Å². The Kier molecular flexibility index (Phi) is 9.29. The van der Waals surface area contributed by atoms with Crippen LogP contribution in [-0.2, 0) is 16.1 Å². The Morgan fingerprint density at radius 3 is 2.42 bits per heavy atom. The minimum atomic E-state index is -0.192. The largest absolute Gasteiger partial charge is 0.489 e. The summed E-state index contributed by atoms with van der Waals surface area (Å²) in [7, 11) is 1.63. The maximum atomic E-state index is 12.3. The van der Waals surface area contributed by atoms with Gasteiger partial charge in [-0.05, 0) is 54.4 Å². The summed E-state index contributed by atoms with van der Waals surface area (Å²) in [5, 5.41) is 8.74. The summed E-state index contributed by atoms with van der Waals surface area (Å²) in [5.41, 5.74) is 3.00. The Labute approximate surface area is 194 Å². The van der Waals surface area contributed by atoms with Gasteiger partial charge < -0.3 is 25.4 Å². The van der Waals surface area contributed by atoms with Crippen LogP contribution in [0.4, 0.5) is 11.4 Å². The van der Waals surface area contributed by atoms with Gasteiger partial charge in [0.15, 0.2) is 0 Å². The fourth-order valence-corrected chi connectivity index (χ4v) is 3.05. The minimum absolute atomic E-state index is 0.0746. The van der Waals surface area contributed by atoms with Crippen LogP contribution in [-0.4, -0.2) is 38.6 Å². The zero-order valence-electron chi connectivity index (χ0n) is 18.7. The van der Waals surface area contributed by atoms with Crippen LogP contribution in [0, 0.1) is 0 Å². The molecule has 3 rings (SSSR count). The van der Waals surface area contributed by atoms with E-state index in [1.807, 2.05) is 48.5 Å². The van der Waals surface area contributed by atoms with Crippen LogP contribution in [0.25, 0.3) is 0 Å². The normalized spacial score (nSPS) is 10.3. The molecule has 0 aliphatic carbocycles. The van der Waals surface area contributed by atoms with Gasteiger partial charge in [-0.15, -0.1) is 0 Å². The maximum Gasteiger partial charge on any atom is 0.251 e. The molecule has 0 spiro atoms. The average molecular weight is 448 g/mol. The van der Waals surface area contributed by atoms with Gasteiger partial charge in [-0.1, -0.05) is 36.4 Å². The molecule has 0 aliphatic heterocycles. The van der Waals surface area contributed by atoms with Gasteiger partial charge in [0.05, 0.1) is 6.54 Å². The van der Waals surface area contributed by atoms with E-state index in [0.29, 0.717) is 36.7 Å². The van der Waals surface area contributed by atoms with Crippen LogP contribution in [0.5, 0.6) is 5.75 Å². The smallest absolute Gasteiger partial charge is 0.251 e. The summed E-state index contributed by atoms with van der Waals surface area (Å²) in [6.07, 6.45) is 0.750.